The minimum atomic E-state index is -0.572. The Kier molecular flexibility index (Phi) is 1.57. The third kappa shape index (κ3) is 0.911. The van der Waals surface area contributed by atoms with Crippen molar-refractivity contribution in [3.8, 4) is 0 Å². The molecule has 0 saturated carbocycles. The maximum absolute atomic E-state index is 11.0. The molecular formula is C6H6N2O3S. The molecule has 2 aliphatic rings. The van der Waals surface area contributed by atoms with E-state index in [9.17, 15) is 9.59 Å². The first kappa shape index (κ1) is 7.60. The molecule has 0 spiro atoms. The van der Waals surface area contributed by atoms with Crippen LogP contribution in [0.2, 0.25) is 0 Å². The van der Waals surface area contributed by atoms with Gasteiger partial charge in [0.2, 0.25) is 11.1 Å². The summed E-state index contributed by atoms with van der Waals surface area (Å²) in [7, 11) is 1.47. The van der Waals surface area contributed by atoms with Gasteiger partial charge < -0.3 is 4.74 Å². The molecule has 1 saturated heterocycles. The highest BCUT2D eigenvalue weighted by molar-refractivity contribution is 8.15. The smallest absolute Gasteiger partial charge is 0.253 e. The first-order chi connectivity index (χ1) is 5.72. The van der Waals surface area contributed by atoms with E-state index in [1.54, 1.807) is 0 Å². The normalized spacial score (nSPS) is 32.9. The monoisotopic (exact) mass is 186 g/mol. The summed E-state index contributed by atoms with van der Waals surface area (Å²) in [6.07, 6.45) is 0. The average molecular weight is 186 g/mol. The van der Waals surface area contributed by atoms with Crippen molar-refractivity contribution in [2.45, 2.75) is 11.3 Å². The van der Waals surface area contributed by atoms with Crippen LogP contribution in [0.3, 0.4) is 0 Å². The van der Waals surface area contributed by atoms with Crippen molar-refractivity contribution in [1.82, 2.24) is 5.32 Å². The lowest BCUT2D eigenvalue weighted by Crippen LogP contribution is -2.24. The standard InChI is InChI=1S/C6H6N2O3S/c1-11-6-7-2-3(12-6)5(10)8-4(2)9/h2-3H,1H3,(H,8,9,10). The van der Waals surface area contributed by atoms with E-state index in [0.717, 1.165) is 0 Å². The van der Waals surface area contributed by atoms with Gasteiger partial charge in [-0.1, -0.05) is 11.8 Å². The Labute approximate surface area is 72.6 Å². The SMILES string of the molecule is COC1=NC2C(=O)NC(=O)C2S1. The Balaban J connectivity index is 2.25. The minimum absolute atomic E-state index is 0.272. The molecule has 5 nitrogen and oxygen atoms in total. The Hall–Kier alpha value is -1.04. The second-order valence-electron chi connectivity index (χ2n) is 2.44. The molecule has 2 amide bonds. The number of hydrogen-bond donors (Lipinski definition) is 1. The fourth-order valence-corrected chi connectivity index (χ4v) is 2.11. The van der Waals surface area contributed by atoms with Crippen molar-refractivity contribution in [3.05, 3.63) is 0 Å². The number of fused-ring (bicyclic) bond motifs is 1. The van der Waals surface area contributed by atoms with Crippen molar-refractivity contribution in [2.75, 3.05) is 7.11 Å². The Morgan fingerprint density at radius 2 is 2.25 bits per heavy atom. The highest BCUT2D eigenvalue weighted by Crippen LogP contribution is 2.30. The van der Waals surface area contributed by atoms with Crippen LogP contribution in [0.4, 0.5) is 0 Å². The second kappa shape index (κ2) is 2.48. The largest absolute Gasteiger partial charge is 0.476 e. The molecule has 0 bridgehead atoms. The molecule has 64 valence electrons. The van der Waals surface area contributed by atoms with Crippen LogP contribution in [0, 0.1) is 0 Å². The van der Waals surface area contributed by atoms with E-state index in [1.165, 1.54) is 18.9 Å². The summed E-state index contributed by atoms with van der Waals surface area (Å²) in [6, 6.07) is -0.572. The predicted octanol–water partition coefficient (Wildman–Crippen LogP) is -0.871. The van der Waals surface area contributed by atoms with E-state index in [0.29, 0.717) is 5.23 Å². The first-order valence-corrected chi connectivity index (χ1v) is 4.23. The molecule has 0 aromatic heterocycles. The maximum Gasteiger partial charge on any atom is 0.253 e. The predicted molar refractivity (Wildman–Crippen MR) is 42.8 cm³/mol. The minimum Gasteiger partial charge on any atom is -0.476 e. The molecular weight excluding hydrogens is 180 g/mol. The zero-order valence-electron chi connectivity index (χ0n) is 6.23. The highest BCUT2D eigenvalue weighted by atomic mass is 32.2. The molecule has 12 heavy (non-hydrogen) atoms. The van der Waals surface area contributed by atoms with Crippen molar-refractivity contribution in [3.63, 3.8) is 0 Å². The van der Waals surface area contributed by atoms with Gasteiger partial charge in [-0.05, 0) is 0 Å². The number of nitrogens with one attached hydrogen (secondary N) is 1. The number of nitrogens with zero attached hydrogens (tertiary/aromatic N) is 1. The fourth-order valence-electron chi connectivity index (χ4n) is 1.15. The van der Waals surface area contributed by atoms with Gasteiger partial charge in [0.1, 0.15) is 5.25 Å². The molecule has 0 aliphatic carbocycles. The molecule has 2 unspecified atom stereocenters. The maximum atomic E-state index is 11.0. The Bertz CT molecular complexity index is 289. The molecule has 2 rings (SSSR count). The van der Waals surface area contributed by atoms with E-state index < -0.39 is 11.3 Å². The molecule has 2 aliphatic heterocycles. The Morgan fingerprint density at radius 3 is 2.83 bits per heavy atom. The molecule has 1 N–H and O–H groups in total. The van der Waals surface area contributed by atoms with Gasteiger partial charge in [0, 0.05) is 0 Å². The van der Waals surface area contributed by atoms with Gasteiger partial charge in [0.25, 0.3) is 5.91 Å². The van der Waals surface area contributed by atoms with Crippen molar-refractivity contribution < 1.29 is 14.3 Å². The number of aliphatic imine (C=N–C) groups is 1. The number of methoxy groups -OCH3 is 1. The van der Waals surface area contributed by atoms with Crippen LogP contribution in [0.5, 0.6) is 0 Å². The Morgan fingerprint density at radius 1 is 1.50 bits per heavy atom. The molecule has 0 aromatic carbocycles. The lowest BCUT2D eigenvalue weighted by atomic mass is 10.2. The third-order valence-electron chi connectivity index (χ3n) is 1.71. The first-order valence-electron chi connectivity index (χ1n) is 3.35. The van der Waals surface area contributed by atoms with Crippen molar-refractivity contribution >= 4 is 28.8 Å². The summed E-state index contributed by atoms with van der Waals surface area (Å²) in [5.41, 5.74) is 0. The van der Waals surface area contributed by atoms with E-state index in [1.807, 2.05) is 0 Å². The van der Waals surface area contributed by atoms with Gasteiger partial charge in [0.15, 0.2) is 6.04 Å². The van der Waals surface area contributed by atoms with Gasteiger partial charge in [-0.3, -0.25) is 14.9 Å². The number of carbonyl (C=O) groups excluding carboxylic acids is 2. The zero-order chi connectivity index (χ0) is 8.72. The van der Waals surface area contributed by atoms with Crippen molar-refractivity contribution in [1.29, 1.82) is 0 Å². The summed E-state index contributed by atoms with van der Waals surface area (Å²) in [6.45, 7) is 0. The van der Waals surface area contributed by atoms with Crippen LogP contribution in [0.1, 0.15) is 0 Å². The number of thioether (sulfide) groups is 1. The van der Waals surface area contributed by atoms with Crippen molar-refractivity contribution in [2.24, 2.45) is 4.99 Å². The molecule has 2 heterocycles. The topological polar surface area (TPSA) is 67.8 Å². The van der Waals surface area contributed by atoms with E-state index in [-0.39, 0.29) is 11.8 Å². The summed E-state index contributed by atoms with van der Waals surface area (Å²) < 4.78 is 4.82. The van der Waals surface area contributed by atoms with Crippen LogP contribution < -0.4 is 5.32 Å². The molecule has 0 aromatic rings. The molecule has 6 heteroatoms. The van der Waals surface area contributed by atoms with E-state index >= 15 is 0 Å². The molecule has 2 atom stereocenters. The lowest BCUT2D eigenvalue weighted by molar-refractivity contribution is -0.125. The van der Waals surface area contributed by atoms with Gasteiger partial charge in [-0.15, -0.1) is 0 Å². The number of carbonyl (C=O) groups is 2. The van der Waals surface area contributed by atoms with Gasteiger partial charge in [0.05, 0.1) is 7.11 Å². The summed E-state index contributed by atoms with van der Waals surface area (Å²) in [4.78, 5) is 26.0. The average Bonchev–Trinajstić information content (AvgIpc) is 2.55. The number of imide groups is 1. The van der Waals surface area contributed by atoms with Gasteiger partial charge in [-0.25, -0.2) is 4.99 Å². The van der Waals surface area contributed by atoms with Gasteiger partial charge >= 0.3 is 0 Å². The number of hydrogen-bond acceptors (Lipinski definition) is 5. The number of ether oxygens (including phenoxy) is 1. The highest BCUT2D eigenvalue weighted by Gasteiger charge is 2.47. The number of amides is 2. The zero-order valence-corrected chi connectivity index (χ0v) is 7.05. The van der Waals surface area contributed by atoms with E-state index in [2.05, 4.69) is 10.3 Å². The lowest BCUT2D eigenvalue weighted by Gasteiger charge is -1.98. The van der Waals surface area contributed by atoms with Crippen LogP contribution in [0.25, 0.3) is 0 Å². The summed E-state index contributed by atoms with van der Waals surface area (Å²) in [5, 5.41) is 2.20. The quantitative estimate of drug-likeness (QED) is 0.499. The summed E-state index contributed by atoms with van der Waals surface area (Å²) in [5.74, 6) is -0.602. The molecule has 0 radical (unpaired) electrons. The fraction of sp³-hybridized carbons (Fsp3) is 0.500. The third-order valence-corrected chi connectivity index (χ3v) is 2.91. The van der Waals surface area contributed by atoms with Crippen LogP contribution in [0.15, 0.2) is 4.99 Å². The second-order valence-corrected chi connectivity index (χ2v) is 3.53. The molecule has 1 fully saturated rings. The summed E-state index contributed by atoms with van der Waals surface area (Å²) >= 11 is 1.19. The number of rotatable bonds is 0. The van der Waals surface area contributed by atoms with Gasteiger partial charge in [-0.2, -0.15) is 0 Å². The van der Waals surface area contributed by atoms with E-state index in [4.69, 9.17) is 4.74 Å². The van der Waals surface area contributed by atoms with Crippen LogP contribution >= 0.6 is 11.8 Å². The van der Waals surface area contributed by atoms with Crippen LogP contribution in [-0.4, -0.2) is 35.4 Å². The van der Waals surface area contributed by atoms with Crippen LogP contribution in [-0.2, 0) is 14.3 Å².